The van der Waals surface area contributed by atoms with Gasteiger partial charge in [-0.05, 0) is 67.9 Å². The molecular weight excluding hydrogens is 420 g/mol. The summed E-state index contributed by atoms with van der Waals surface area (Å²) in [4.78, 5) is 26.0. The maximum Gasteiger partial charge on any atom is 0.328 e. The molecule has 1 unspecified atom stereocenters. The van der Waals surface area contributed by atoms with Gasteiger partial charge in [-0.3, -0.25) is 9.88 Å². The van der Waals surface area contributed by atoms with Crippen molar-refractivity contribution in [3.8, 4) is 22.6 Å². The first-order chi connectivity index (χ1) is 15.9. The zero-order valence-corrected chi connectivity index (χ0v) is 18.3. The number of hydrogen-bond donors (Lipinski definition) is 2. The molecule has 170 valence electrons. The van der Waals surface area contributed by atoms with Crippen LogP contribution >= 0.6 is 0 Å². The molecule has 1 fully saturated rings. The standard InChI is InChI=1S/C22H22N2O.C4H4O4/c1-24-13-5-8-22(24)19-14-18(15-23-16-19)17-9-11-21(12-10-17)25-20-6-3-2-4-7-20;5-3(6)1-2-4(7)8/h2-4,6-7,9-12,14-16,22H,5,8,13H2,1H3;1-2H,(H,5,6)(H,7,8)/b;2-1+. The summed E-state index contributed by atoms with van der Waals surface area (Å²) in [6.07, 6.45) is 7.53. The van der Waals surface area contributed by atoms with Gasteiger partial charge >= 0.3 is 11.9 Å². The smallest absolute Gasteiger partial charge is 0.328 e. The fourth-order valence-corrected chi connectivity index (χ4v) is 3.61. The van der Waals surface area contributed by atoms with E-state index < -0.39 is 11.9 Å². The predicted molar refractivity (Wildman–Crippen MR) is 125 cm³/mol. The van der Waals surface area contributed by atoms with Crippen LogP contribution in [0.5, 0.6) is 11.5 Å². The van der Waals surface area contributed by atoms with Crippen molar-refractivity contribution in [1.29, 1.82) is 0 Å². The Bertz CT molecular complexity index is 1080. The number of benzene rings is 2. The van der Waals surface area contributed by atoms with Gasteiger partial charge < -0.3 is 14.9 Å². The second-order valence-corrected chi connectivity index (χ2v) is 7.59. The van der Waals surface area contributed by atoms with Crippen LogP contribution in [-0.4, -0.2) is 45.6 Å². The van der Waals surface area contributed by atoms with Gasteiger partial charge in [0.2, 0.25) is 0 Å². The molecule has 0 radical (unpaired) electrons. The van der Waals surface area contributed by atoms with Crippen LogP contribution in [0.3, 0.4) is 0 Å². The first-order valence-corrected chi connectivity index (χ1v) is 10.5. The van der Waals surface area contributed by atoms with E-state index in [0.717, 1.165) is 22.6 Å². The van der Waals surface area contributed by atoms with E-state index in [1.807, 2.05) is 54.9 Å². The normalized spacial score (nSPS) is 15.6. The predicted octanol–water partition coefficient (Wildman–Crippen LogP) is 5.02. The van der Waals surface area contributed by atoms with Crippen molar-refractivity contribution in [2.45, 2.75) is 18.9 Å². The maximum atomic E-state index is 9.55. The Balaban J connectivity index is 0.000000331. The molecule has 0 aliphatic carbocycles. The van der Waals surface area contributed by atoms with Gasteiger partial charge in [0.15, 0.2) is 0 Å². The molecule has 2 heterocycles. The molecular formula is C26H26N2O5. The lowest BCUT2D eigenvalue weighted by atomic mass is 10.0. The van der Waals surface area contributed by atoms with Gasteiger partial charge in [-0.15, -0.1) is 0 Å². The van der Waals surface area contributed by atoms with Crippen molar-refractivity contribution in [2.75, 3.05) is 13.6 Å². The van der Waals surface area contributed by atoms with Crippen molar-refractivity contribution in [2.24, 2.45) is 0 Å². The highest BCUT2D eigenvalue weighted by molar-refractivity contribution is 5.89. The Morgan fingerprint density at radius 3 is 2.15 bits per heavy atom. The summed E-state index contributed by atoms with van der Waals surface area (Å²) in [5, 5.41) is 15.6. The van der Waals surface area contributed by atoms with Crippen LogP contribution in [0, 0.1) is 0 Å². The summed E-state index contributed by atoms with van der Waals surface area (Å²) in [5.74, 6) is -0.822. The minimum absolute atomic E-state index is 0.494. The number of para-hydroxylation sites is 1. The van der Waals surface area contributed by atoms with E-state index in [9.17, 15) is 9.59 Å². The minimum Gasteiger partial charge on any atom is -0.478 e. The summed E-state index contributed by atoms with van der Waals surface area (Å²) in [5.41, 5.74) is 3.63. The van der Waals surface area contributed by atoms with Crippen LogP contribution in [0.25, 0.3) is 11.1 Å². The molecule has 2 aromatic carbocycles. The molecule has 0 spiro atoms. The molecule has 3 aromatic rings. The largest absolute Gasteiger partial charge is 0.478 e. The molecule has 7 heteroatoms. The third kappa shape index (κ3) is 7.29. The molecule has 1 aliphatic heterocycles. The molecule has 1 aromatic heterocycles. The fraction of sp³-hybridized carbons (Fsp3) is 0.192. The number of aliphatic carboxylic acids is 2. The Kier molecular flexibility index (Phi) is 8.32. The Morgan fingerprint density at radius 2 is 1.58 bits per heavy atom. The molecule has 2 N–H and O–H groups in total. The lowest BCUT2D eigenvalue weighted by Gasteiger charge is -2.20. The molecule has 7 nitrogen and oxygen atoms in total. The van der Waals surface area contributed by atoms with Gasteiger partial charge in [0.05, 0.1) is 0 Å². The van der Waals surface area contributed by atoms with Crippen molar-refractivity contribution in [3.05, 3.63) is 90.8 Å². The molecule has 1 saturated heterocycles. The number of ether oxygens (including phenoxy) is 1. The highest BCUT2D eigenvalue weighted by atomic mass is 16.5. The number of rotatable bonds is 6. The maximum absolute atomic E-state index is 9.55. The van der Waals surface area contributed by atoms with Crippen LogP contribution in [-0.2, 0) is 9.59 Å². The second kappa shape index (κ2) is 11.6. The van der Waals surface area contributed by atoms with E-state index in [1.165, 1.54) is 24.9 Å². The zero-order valence-electron chi connectivity index (χ0n) is 18.3. The molecule has 0 amide bonds. The molecule has 0 saturated carbocycles. The third-order valence-corrected chi connectivity index (χ3v) is 5.20. The summed E-state index contributed by atoms with van der Waals surface area (Å²) in [7, 11) is 2.19. The van der Waals surface area contributed by atoms with E-state index in [2.05, 4.69) is 35.1 Å². The number of carbonyl (C=O) groups is 2. The minimum atomic E-state index is -1.26. The Labute approximate surface area is 192 Å². The first kappa shape index (κ1) is 23.7. The van der Waals surface area contributed by atoms with Gasteiger partial charge in [0.25, 0.3) is 0 Å². The number of pyridine rings is 1. The highest BCUT2D eigenvalue weighted by Gasteiger charge is 2.22. The Morgan fingerprint density at radius 1 is 0.939 bits per heavy atom. The number of carboxylic acids is 2. The fourth-order valence-electron chi connectivity index (χ4n) is 3.61. The van der Waals surface area contributed by atoms with E-state index in [1.54, 1.807) is 0 Å². The van der Waals surface area contributed by atoms with Crippen LogP contribution in [0.2, 0.25) is 0 Å². The molecule has 1 atom stereocenters. The second-order valence-electron chi connectivity index (χ2n) is 7.59. The third-order valence-electron chi connectivity index (χ3n) is 5.20. The molecule has 33 heavy (non-hydrogen) atoms. The lowest BCUT2D eigenvalue weighted by Crippen LogP contribution is -2.17. The summed E-state index contributed by atoms with van der Waals surface area (Å²) in [6.45, 7) is 1.17. The highest BCUT2D eigenvalue weighted by Crippen LogP contribution is 2.32. The number of carboxylic acid groups (broad SMARTS) is 2. The van der Waals surface area contributed by atoms with Crippen LogP contribution in [0.4, 0.5) is 0 Å². The van der Waals surface area contributed by atoms with Gasteiger partial charge in [0, 0.05) is 36.2 Å². The van der Waals surface area contributed by atoms with Crippen LogP contribution in [0.15, 0.2) is 85.2 Å². The van der Waals surface area contributed by atoms with E-state index in [4.69, 9.17) is 14.9 Å². The van der Waals surface area contributed by atoms with E-state index in [0.29, 0.717) is 18.2 Å². The van der Waals surface area contributed by atoms with Gasteiger partial charge in [0.1, 0.15) is 11.5 Å². The molecule has 1 aliphatic rings. The molecule has 4 rings (SSSR count). The van der Waals surface area contributed by atoms with Crippen molar-refractivity contribution < 1.29 is 24.5 Å². The Hall–Kier alpha value is -3.97. The quantitative estimate of drug-likeness (QED) is 0.513. The van der Waals surface area contributed by atoms with Gasteiger partial charge in [-0.25, -0.2) is 9.59 Å². The average Bonchev–Trinajstić information content (AvgIpc) is 3.25. The summed E-state index contributed by atoms with van der Waals surface area (Å²) in [6, 6.07) is 20.8. The number of aromatic nitrogens is 1. The first-order valence-electron chi connectivity index (χ1n) is 10.5. The molecule has 0 bridgehead atoms. The monoisotopic (exact) mass is 446 g/mol. The number of hydrogen-bond acceptors (Lipinski definition) is 5. The summed E-state index contributed by atoms with van der Waals surface area (Å²) >= 11 is 0. The van der Waals surface area contributed by atoms with Crippen LogP contribution in [0.1, 0.15) is 24.4 Å². The van der Waals surface area contributed by atoms with E-state index in [-0.39, 0.29) is 0 Å². The average molecular weight is 447 g/mol. The van der Waals surface area contributed by atoms with Crippen molar-refractivity contribution in [1.82, 2.24) is 9.88 Å². The van der Waals surface area contributed by atoms with E-state index >= 15 is 0 Å². The van der Waals surface area contributed by atoms with Gasteiger partial charge in [-0.1, -0.05) is 30.3 Å². The topological polar surface area (TPSA) is 100.0 Å². The number of nitrogens with zero attached hydrogens (tertiary/aromatic N) is 2. The van der Waals surface area contributed by atoms with Crippen LogP contribution < -0.4 is 4.74 Å². The lowest BCUT2D eigenvalue weighted by molar-refractivity contribution is -0.134. The number of likely N-dealkylation sites (tertiary alicyclic amines) is 1. The van der Waals surface area contributed by atoms with Crippen molar-refractivity contribution >= 4 is 11.9 Å². The van der Waals surface area contributed by atoms with Gasteiger partial charge in [-0.2, -0.15) is 0 Å². The van der Waals surface area contributed by atoms with Crippen molar-refractivity contribution in [3.63, 3.8) is 0 Å². The zero-order chi connectivity index (χ0) is 23.6. The SMILES string of the molecule is CN1CCCC1c1cncc(-c2ccc(Oc3ccccc3)cc2)c1.O=C(O)/C=C/C(=O)O. The summed E-state index contributed by atoms with van der Waals surface area (Å²) < 4.78 is 5.87.